The molecule has 2 heteroatoms. The molecule has 2 nitrogen and oxygen atoms in total. The zero-order chi connectivity index (χ0) is 19.2. The molecule has 0 heterocycles. The first-order chi connectivity index (χ1) is 12.5. The van der Waals surface area contributed by atoms with Gasteiger partial charge in [0.15, 0.2) is 5.78 Å². The van der Waals surface area contributed by atoms with Gasteiger partial charge in [0.2, 0.25) is 0 Å². The number of ketones is 1. The lowest BCUT2D eigenvalue weighted by Gasteiger charge is -2.42. The number of hydrogen-bond acceptors (Lipinski definition) is 2. The number of hydrogen-bond donors (Lipinski definition) is 0. The molecule has 0 N–H and O–H groups in total. The monoisotopic (exact) mass is 351 g/mol. The Kier molecular flexibility index (Phi) is 7.16. The van der Waals surface area contributed by atoms with Gasteiger partial charge >= 0.3 is 0 Å². The summed E-state index contributed by atoms with van der Waals surface area (Å²) in [5, 5.41) is 0. The number of carbonyl (C=O) groups is 1. The van der Waals surface area contributed by atoms with Gasteiger partial charge in [0.05, 0.1) is 5.41 Å². The topological polar surface area (TPSA) is 20.3 Å². The molecule has 0 amide bonds. The summed E-state index contributed by atoms with van der Waals surface area (Å²) in [4.78, 5) is 16.2. The molecule has 0 unspecified atom stereocenters. The maximum absolute atomic E-state index is 14.0. The molecule has 0 fully saturated rings. The van der Waals surface area contributed by atoms with E-state index in [2.05, 4.69) is 88.3 Å². The van der Waals surface area contributed by atoms with Gasteiger partial charge in [-0.1, -0.05) is 81.4 Å². The second-order valence-corrected chi connectivity index (χ2v) is 7.58. The zero-order valence-electron chi connectivity index (χ0n) is 16.9. The fourth-order valence-corrected chi connectivity index (χ4v) is 4.33. The van der Waals surface area contributed by atoms with E-state index in [-0.39, 0.29) is 11.8 Å². The van der Waals surface area contributed by atoms with Crippen LogP contribution >= 0.6 is 0 Å². The minimum atomic E-state index is -0.622. The van der Waals surface area contributed by atoms with E-state index < -0.39 is 5.41 Å². The molecule has 2 aromatic rings. The molecular weight excluding hydrogens is 318 g/mol. The third-order valence-corrected chi connectivity index (χ3v) is 5.58. The lowest BCUT2D eigenvalue weighted by Crippen LogP contribution is -2.49. The molecule has 2 aromatic carbocycles. The van der Waals surface area contributed by atoms with Gasteiger partial charge in [-0.15, -0.1) is 0 Å². The van der Waals surface area contributed by atoms with Crippen molar-refractivity contribution in [1.29, 1.82) is 0 Å². The van der Waals surface area contributed by atoms with Gasteiger partial charge in [-0.3, -0.25) is 4.79 Å². The van der Waals surface area contributed by atoms with Crippen LogP contribution in [0, 0.1) is 11.8 Å². The summed E-state index contributed by atoms with van der Waals surface area (Å²) in [6.07, 6.45) is 1.76. The Balaban J connectivity index is 2.77. The van der Waals surface area contributed by atoms with E-state index in [1.54, 1.807) is 0 Å². The van der Waals surface area contributed by atoms with Gasteiger partial charge in [-0.2, -0.15) is 0 Å². The molecule has 1 atom stereocenters. The SMILES string of the molecule is CCC(CC)C(=O)C(c1ccccc1)(c1ccccc1)[C@H](C)CN(C)C. The fraction of sp³-hybridized carbons (Fsp3) is 0.458. The second-order valence-electron chi connectivity index (χ2n) is 7.58. The maximum atomic E-state index is 14.0. The molecule has 0 aromatic heterocycles. The van der Waals surface area contributed by atoms with Crippen molar-refractivity contribution < 1.29 is 4.79 Å². The summed E-state index contributed by atoms with van der Waals surface area (Å²) in [5.74, 6) is 0.588. The van der Waals surface area contributed by atoms with Crippen molar-refractivity contribution in [3.63, 3.8) is 0 Å². The van der Waals surface area contributed by atoms with Crippen molar-refractivity contribution in [2.75, 3.05) is 20.6 Å². The van der Waals surface area contributed by atoms with Gasteiger partial charge in [0, 0.05) is 12.5 Å². The Bertz CT molecular complexity index is 634. The van der Waals surface area contributed by atoms with Crippen molar-refractivity contribution >= 4 is 5.78 Å². The van der Waals surface area contributed by atoms with Crippen LogP contribution in [0.3, 0.4) is 0 Å². The van der Waals surface area contributed by atoms with Crippen LogP contribution in [0.1, 0.15) is 44.7 Å². The molecule has 0 spiro atoms. The van der Waals surface area contributed by atoms with Crippen molar-refractivity contribution in [3.8, 4) is 0 Å². The molecule has 0 saturated heterocycles. The highest BCUT2D eigenvalue weighted by atomic mass is 16.1. The molecule has 140 valence electrons. The summed E-state index contributed by atoms with van der Waals surface area (Å²) in [5.41, 5.74) is 1.60. The number of benzene rings is 2. The smallest absolute Gasteiger partial charge is 0.151 e. The van der Waals surface area contributed by atoms with Crippen LogP contribution in [-0.4, -0.2) is 31.3 Å². The molecule has 0 aliphatic carbocycles. The van der Waals surface area contributed by atoms with Gasteiger partial charge in [0.25, 0.3) is 0 Å². The highest BCUT2D eigenvalue weighted by Gasteiger charge is 2.48. The second kappa shape index (κ2) is 9.14. The minimum absolute atomic E-state index is 0.0695. The normalized spacial score (nSPS) is 13.2. The maximum Gasteiger partial charge on any atom is 0.151 e. The third-order valence-electron chi connectivity index (χ3n) is 5.58. The first kappa shape index (κ1) is 20.4. The van der Waals surface area contributed by atoms with Crippen LogP contribution in [0.4, 0.5) is 0 Å². The van der Waals surface area contributed by atoms with Crippen molar-refractivity contribution in [1.82, 2.24) is 4.90 Å². The largest absolute Gasteiger partial charge is 0.309 e. The Morgan fingerprint density at radius 3 is 1.65 bits per heavy atom. The Morgan fingerprint density at radius 1 is 0.885 bits per heavy atom. The summed E-state index contributed by atoms with van der Waals surface area (Å²) >= 11 is 0. The highest BCUT2D eigenvalue weighted by molar-refractivity contribution is 5.96. The molecule has 2 rings (SSSR count). The molecule has 0 aliphatic rings. The standard InChI is InChI=1S/C24H33NO/c1-6-20(7-2)23(26)24(19(3)18-25(4)5,21-14-10-8-11-15-21)22-16-12-9-13-17-22/h8-17,19-20H,6-7,18H2,1-5H3/t19-/m1/s1. The Labute approximate surface area is 159 Å². The molecule has 26 heavy (non-hydrogen) atoms. The first-order valence-corrected chi connectivity index (χ1v) is 9.78. The van der Waals surface area contributed by atoms with E-state index in [0.29, 0.717) is 5.78 Å². The zero-order valence-corrected chi connectivity index (χ0v) is 16.9. The third kappa shape index (κ3) is 3.91. The van der Waals surface area contributed by atoms with Crippen LogP contribution in [0.25, 0.3) is 0 Å². The fourth-order valence-electron chi connectivity index (χ4n) is 4.33. The highest BCUT2D eigenvalue weighted by Crippen LogP contribution is 2.43. The minimum Gasteiger partial charge on any atom is -0.309 e. The van der Waals surface area contributed by atoms with E-state index in [1.807, 2.05) is 12.1 Å². The number of Topliss-reactive ketones (excluding diaryl/α,β-unsaturated/α-hetero) is 1. The van der Waals surface area contributed by atoms with E-state index in [1.165, 1.54) is 0 Å². The number of rotatable bonds is 9. The molecular formula is C24H33NO. The first-order valence-electron chi connectivity index (χ1n) is 9.78. The average molecular weight is 352 g/mol. The van der Waals surface area contributed by atoms with Crippen molar-refractivity contribution in [2.24, 2.45) is 11.8 Å². The summed E-state index contributed by atoms with van der Waals surface area (Å²) < 4.78 is 0. The molecule has 0 bridgehead atoms. The molecule has 0 saturated carbocycles. The average Bonchev–Trinajstić information content (AvgIpc) is 2.64. The Hall–Kier alpha value is -1.93. The summed E-state index contributed by atoms with van der Waals surface area (Å²) in [7, 11) is 4.16. The van der Waals surface area contributed by atoms with Gasteiger partial charge in [0.1, 0.15) is 0 Å². The van der Waals surface area contributed by atoms with Crippen molar-refractivity contribution in [2.45, 2.75) is 39.0 Å². The van der Waals surface area contributed by atoms with Gasteiger partial charge < -0.3 is 4.90 Å². The van der Waals surface area contributed by atoms with Crippen molar-refractivity contribution in [3.05, 3.63) is 71.8 Å². The van der Waals surface area contributed by atoms with Crippen LogP contribution in [-0.2, 0) is 10.2 Å². The predicted molar refractivity (Wildman–Crippen MR) is 110 cm³/mol. The molecule has 0 aliphatic heterocycles. The van der Waals surface area contributed by atoms with Gasteiger partial charge in [-0.05, 0) is 44.0 Å². The van der Waals surface area contributed by atoms with Gasteiger partial charge in [-0.25, -0.2) is 0 Å². The van der Waals surface area contributed by atoms with E-state index in [0.717, 1.165) is 30.5 Å². The lowest BCUT2D eigenvalue weighted by molar-refractivity contribution is -0.129. The summed E-state index contributed by atoms with van der Waals surface area (Å²) in [6.45, 7) is 7.34. The summed E-state index contributed by atoms with van der Waals surface area (Å²) in [6, 6.07) is 20.8. The van der Waals surface area contributed by atoms with Crippen LogP contribution in [0.5, 0.6) is 0 Å². The number of carbonyl (C=O) groups excluding carboxylic acids is 1. The van der Waals surface area contributed by atoms with Crippen LogP contribution in [0.2, 0.25) is 0 Å². The number of nitrogens with zero attached hydrogens (tertiary/aromatic N) is 1. The Morgan fingerprint density at radius 2 is 1.31 bits per heavy atom. The van der Waals surface area contributed by atoms with E-state index in [9.17, 15) is 4.79 Å². The molecule has 0 radical (unpaired) electrons. The quantitative estimate of drug-likeness (QED) is 0.621. The van der Waals surface area contributed by atoms with E-state index >= 15 is 0 Å². The lowest BCUT2D eigenvalue weighted by atomic mass is 9.60. The van der Waals surface area contributed by atoms with Crippen LogP contribution in [0.15, 0.2) is 60.7 Å². The predicted octanol–water partition coefficient (Wildman–Crippen LogP) is 5.18. The van der Waals surface area contributed by atoms with E-state index in [4.69, 9.17) is 0 Å². The van der Waals surface area contributed by atoms with Crippen LogP contribution < -0.4 is 0 Å².